The lowest BCUT2D eigenvalue weighted by Crippen LogP contribution is -2.53. The Morgan fingerprint density at radius 2 is 1.68 bits per heavy atom. The number of piperidine rings is 1. The molecule has 41 heavy (non-hydrogen) atoms. The van der Waals surface area contributed by atoms with Crippen LogP contribution in [0.25, 0.3) is 22.1 Å². The first kappa shape index (κ1) is 25.8. The lowest BCUT2D eigenvalue weighted by atomic mass is 9.88. The molecular weight excluding hydrogens is 522 g/mol. The lowest BCUT2D eigenvalue weighted by molar-refractivity contribution is -0.134. The maximum atomic E-state index is 14.1. The minimum Gasteiger partial charge on any atom is -0.464 e. The first-order chi connectivity index (χ1) is 19.9. The van der Waals surface area contributed by atoms with E-state index < -0.39 is 5.54 Å². The van der Waals surface area contributed by atoms with Gasteiger partial charge in [0.2, 0.25) is 5.91 Å². The zero-order chi connectivity index (χ0) is 28.1. The van der Waals surface area contributed by atoms with Gasteiger partial charge in [-0.1, -0.05) is 30.3 Å². The monoisotopic (exact) mass is 555 g/mol. The summed E-state index contributed by atoms with van der Waals surface area (Å²) >= 11 is 0. The molecule has 3 amide bonds. The summed E-state index contributed by atoms with van der Waals surface area (Å²) in [6, 6.07) is 16.2. The number of hydrogen-bond acceptors (Lipinski definition) is 7. The van der Waals surface area contributed by atoms with Crippen LogP contribution in [-0.4, -0.2) is 95.5 Å². The fraction of sp³-hybridized carbons (Fsp3) is 0.419. The standard InChI is InChI=1S/C31H33N5O5/c1-40-30(39)34-13-11-31(12-14-34)29(38)36(20-33-15-16-35(19-33)28(37)23-6-7-23)27(32-31)22-4-2-21(3-5-22)24-8-9-26-25(18-24)10-17-41-26/h2-5,8-10,17-18,23H,6-7,11-16,19-20H2,1H3. The first-order valence-electron chi connectivity index (χ1n) is 14.3. The molecule has 3 aliphatic heterocycles. The highest BCUT2D eigenvalue weighted by atomic mass is 16.5. The molecule has 0 unspecified atom stereocenters. The van der Waals surface area contributed by atoms with E-state index in [4.69, 9.17) is 14.1 Å². The van der Waals surface area contributed by atoms with Crippen molar-refractivity contribution < 1.29 is 23.5 Å². The summed E-state index contributed by atoms with van der Waals surface area (Å²) in [5, 5.41) is 1.04. The number of carbonyl (C=O) groups excluding carboxylic acids is 3. The van der Waals surface area contributed by atoms with E-state index in [1.165, 1.54) is 7.11 Å². The Morgan fingerprint density at radius 3 is 2.41 bits per heavy atom. The molecule has 1 spiro atoms. The zero-order valence-corrected chi connectivity index (χ0v) is 23.1. The largest absolute Gasteiger partial charge is 0.464 e. The molecule has 0 bridgehead atoms. The van der Waals surface area contributed by atoms with Crippen LogP contribution in [0.5, 0.6) is 0 Å². The van der Waals surface area contributed by atoms with E-state index in [2.05, 4.69) is 23.1 Å². The second kappa shape index (κ2) is 10.0. The maximum absolute atomic E-state index is 14.1. The van der Waals surface area contributed by atoms with Crippen molar-refractivity contribution in [1.29, 1.82) is 0 Å². The van der Waals surface area contributed by atoms with Crippen molar-refractivity contribution in [3.8, 4) is 11.1 Å². The van der Waals surface area contributed by atoms with Crippen molar-refractivity contribution in [3.63, 3.8) is 0 Å². The minimum absolute atomic E-state index is 0.0431. The molecular formula is C31H33N5O5. The third-order valence-corrected chi connectivity index (χ3v) is 8.81. The number of amidine groups is 1. The molecule has 0 N–H and O–H groups in total. The molecule has 0 atom stereocenters. The summed E-state index contributed by atoms with van der Waals surface area (Å²) < 4.78 is 10.4. The molecule has 1 aliphatic carbocycles. The lowest BCUT2D eigenvalue weighted by Gasteiger charge is -2.35. The van der Waals surface area contributed by atoms with E-state index in [0.717, 1.165) is 40.5 Å². The SMILES string of the molecule is COC(=O)N1CCC2(CC1)N=C(c1ccc(-c3ccc4occc4c3)cc1)N(CN1CCN(C(=O)C3CC3)C1)C2=O. The number of furan rings is 1. The number of likely N-dealkylation sites (tertiary alicyclic amines) is 1. The van der Waals surface area contributed by atoms with Crippen LogP contribution in [0.1, 0.15) is 31.2 Å². The van der Waals surface area contributed by atoms with Crippen LogP contribution in [-0.2, 0) is 14.3 Å². The number of aliphatic imine (C=N–C) groups is 1. The van der Waals surface area contributed by atoms with Gasteiger partial charge in [0.15, 0.2) is 0 Å². The zero-order valence-electron chi connectivity index (χ0n) is 23.1. The van der Waals surface area contributed by atoms with Crippen LogP contribution in [0.3, 0.4) is 0 Å². The third-order valence-electron chi connectivity index (χ3n) is 8.81. The van der Waals surface area contributed by atoms with E-state index >= 15 is 0 Å². The van der Waals surface area contributed by atoms with E-state index in [-0.39, 0.29) is 23.8 Å². The quantitative estimate of drug-likeness (QED) is 0.476. The predicted octanol–water partition coefficient (Wildman–Crippen LogP) is 3.76. The maximum Gasteiger partial charge on any atom is 0.409 e. The van der Waals surface area contributed by atoms with Crippen LogP contribution in [0, 0.1) is 5.92 Å². The van der Waals surface area contributed by atoms with Gasteiger partial charge in [-0.25, -0.2) is 4.79 Å². The van der Waals surface area contributed by atoms with Gasteiger partial charge in [0.05, 0.1) is 26.7 Å². The van der Waals surface area contributed by atoms with Crippen molar-refractivity contribution in [2.24, 2.45) is 10.9 Å². The van der Waals surface area contributed by atoms with Crippen LogP contribution < -0.4 is 0 Å². The molecule has 212 valence electrons. The fourth-order valence-corrected chi connectivity index (χ4v) is 6.21. The molecule has 0 radical (unpaired) electrons. The number of amides is 3. The molecule has 4 heterocycles. The average molecular weight is 556 g/mol. The molecule has 7 rings (SSSR count). The highest BCUT2D eigenvalue weighted by molar-refractivity contribution is 6.15. The highest BCUT2D eigenvalue weighted by Crippen LogP contribution is 2.37. The summed E-state index contributed by atoms with van der Waals surface area (Å²) in [5.74, 6) is 1.00. The van der Waals surface area contributed by atoms with Crippen LogP contribution >= 0.6 is 0 Å². The van der Waals surface area contributed by atoms with Crippen molar-refractivity contribution in [3.05, 3.63) is 60.4 Å². The van der Waals surface area contributed by atoms with Gasteiger partial charge in [-0.15, -0.1) is 0 Å². The van der Waals surface area contributed by atoms with Crippen molar-refractivity contribution in [2.75, 3.05) is 46.6 Å². The number of ether oxygens (including phenoxy) is 1. The Bertz CT molecular complexity index is 1530. The van der Waals surface area contributed by atoms with Gasteiger partial charge in [0.25, 0.3) is 5.91 Å². The highest BCUT2D eigenvalue weighted by Gasteiger charge is 2.51. The molecule has 3 fully saturated rings. The smallest absolute Gasteiger partial charge is 0.409 e. The van der Waals surface area contributed by atoms with Gasteiger partial charge in [-0.05, 0) is 55.0 Å². The predicted molar refractivity (Wildman–Crippen MR) is 152 cm³/mol. The Morgan fingerprint density at radius 1 is 0.951 bits per heavy atom. The van der Waals surface area contributed by atoms with E-state index in [1.807, 2.05) is 35.2 Å². The number of fused-ring (bicyclic) bond motifs is 1. The van der Waals surface area contributed by atoms with Gasteiger partial charge >= 0.3 is 6.09 Å². The van der Waals surface area contributed by atoms with E-state index in [1.54, 1.807) is 16.1 Å². The second-order valence-electron chi connectivity index (χ2n) is 11.5. The van der Waals surface area contributed by atoms with Crippen LogP contribution in [0.15, 0.2) is 64.2 Å². The van der Waals surface area contributed by atoms with Crippen LogP contribution in [0.2, 0.25) is 0 Å². The molecule has 10 nitrogen and oxygen atoms in total. The third kappa shape index (κ3) is 4.65. The summed E-state index contributed by atoms with van der Waals surface area (Å²) in [6.45, 7) is 3.10. The Balaban J connectivity index is 1.15. The van der Waals surface area contributed by atoms with Crippen molar-refractivity contribution >= 4 is 34.7 Å². The number of nitrogens with zero attached hydrogens (tertiary/aromatic N) is 5. The van der Waals surface area contributed by atoms with E-state index in [9.17, 15) is 14.4 Å². The number of carbonyl (C=O) groups is 3. The topological polar surface area (TPSA) is 98.9 Å². The van der Waals surface area contributed by atoms with Gasteiger partial charge in [0.1, 0.15) is 17.0 Å². The van der Waals surface area contributed by atoms with Crippen molar-refractivity contribution in [2.45, 2.75) is 31.2 Å². The summed E-state index contributed by atoms with van der Waals surface area (Å²) in [5.41, 5.74) is 2.94. The molecule has 3 aromatic rings. The molecule has 1 saturated carbocycles. The van der Waals surface area contributed by atoms with E-state index in [0.29, 0.717) is 58.2 Å². The Kier molecular flexibility index (Phi) is 6.30. The summed E-state index contributed by atoms with van der Waals surface area (Å²) in [7, 11) is 1.37. The Labute approximate surface area is 238 Å². The van der Waals surface area contributed by atoms with Gasteiger partial charge in [-0.3, -0.25) is 24.4 Å². The first-order valence-corrected chi connectivity index (χ1v) is 14.3. The van der Waals surface area contributed by atoms with Crippen LogP contribution in [0.4, 0.5) is 4.79 Å². The van der Waals surface area contributed by atoms with Gasteiger partial charge < -0.3 is 19.0 Å². The second-order valence-corrected chi connectivity index (χ2v) is 11.5. The normalized spacial score (nSPS) is 20.8. The van der Waals surface area contributed by atoms with Crippen molar-refractivity contribution in [1.82, 2.24) is 19.6 Å². The summed E-state index contributed by atoms with van der Waals surface area (Å²) in [4.78, 5) is 51.4. The fourth-order valence-electron chi connectivity index (χ4n) is 6.21. The Hall–Kier alpha value is -4.18. The average Bonchev–Trinajstić information content (AvgIpc) is 3.46. The molecule has 2 aromatic carbocycles. The molecule has 2 saturated heterocycles. The molecule has 4 aliphatic rings. The number of methoxy groups -OCH3 is 1. The minimum atomic E-state index is -0.909. The molecule has 1 aromatic heterocycles. The van der Waals surface area contributed by atoms with Gasteiger partial charge in [-0.2, -0.15) is 0 Å². The summed E-state index contributed by atoms with van der Waals surface area (Å²) in [6.07, 6.45) is 4.15. The molecule has 10 heteroatoms. The number of benzene rings is 2. The van der Waals surface area contributed by atoms with Gasteiger partial charge in [0, 0.05) is 43.0 Å². The number of rotatable bonds is 5. The number of hydrogen-bond donors (Lipinski definition) is 0.